The van der Waals surface area contributed by atoms with Crippen LogP contribution in [-0.2, 0) is 24.4 Å². The maximum atomic E-state index is 10.8. The Balaban J connectivity index is 2.10. The molecule has 0 radical (unpaired) electrons. The van der Waals surface area contributed by atoms with Crippen molar-refractivity contribution in [2.75, 3.05) is 0 Å². The van der Waals surface area contributed by atoms with E-state index >= 15 is 0 Å². The van der Waals surface area contributed by atoms with Gasteiger partial charge >= 0.3 is 5.97 Å². The van der Waals surface area contributed by atoms with Crippen LogP contribution in [-0.4, -0.2) is 20.9 Å². The number of aliphatic carboxylic acids is 1. The summed E-state index contributed by atoms with van der Waals surface area (Å²) in [5, 5.41) is 13.1. The molecule has 2 rings (SSSR count). The van der Waals surface area contributed by atoms with Crippen molar-refractivity contribution in [2.24, 2.45) is 0 Å². The van der Waals surface area contributed by atoms with Gasteiger partial charge in [0.2, 0.25) is 5.88 Å². The molecule has 1 aromatic heterocycles. The number of hydrogen-bond acceptors (Lipinski definition) is 3. The fourth-order valence-electron chi connectivity index (χ4n) is 1.74. The van der Waals surface area contributed by atoms with E-state index in [2.05, 4.69) is 5.10 Å². The fraction of sp³-hybridized carbons (Fsp3) is 0.286. The van der Waals surface area contributed by atoms with Gasteiger partial charge in [0.05, 0.1) is 6.42 Å². The summed E-state index contributed by atoms with van der Waals surface area (Å²) in [5.41, 5.74) is 1.63. The van der Waals surface area contributed by atoms with Gasteiger partial charge in [0.1, 0.15) is 6.61 Å². The molecule has 1 N–H and O–H groups in total. The third-order valence-electron chi connectivity index (χ3n) is 2.68. The minimum absolute atomic E-state index is 0.0792. The molecule has 0 unspecified atom stereocenters. The Morgan fingerprint density at radius 1 is 1.37 bits per heavy atom. The summed E-state index contributed by atoms with van der Waals surface area (Å²) < 4.78 is 7.29. The fourth-order valence-corrected chi connectivity index (χ4v) is 1.74. The van der Waals surface area contributed by atoms with Gasteiger partial charge in [0.15, 0.2) is 0 Å². The van der Waals surface area contributed by atoms with Gasteiger partial charge < -0.3 is 9.84 Å². The van der Waals surface area contributed by atoms with Crippen LogP contribution in [0.4, 0.5) is 0 Å². The number of ether oxygens (including phenoxy) is 1. The highest BCUT2D eigenvalue weighted by Crippen LogP contribution is 2.18. The minimum Gasteiger partial charge on any atom is -0.481 e. The number of nitrogens with zero attached hydrogens (tertiary/aromatic N) is 2. The van der Waals surface area contributed by atoms with E-state index in [0.717, 1.165) is 5.56 Å². The van der Waals surface area contributed by atoms with Crippen LogP contribution < -0.4 is 4.74 Å². The molecule has 5 heteroatoms. The van der Waals surface area contributed by atoms with Crippen LogP contribution in [0.3, 0.4) is 0 Å². The Morgan fingerprint density at radius 2 is 2.11 bits per heavy atom. The van der Waals surface area contributed by atoms with Gasteiger partial charge in [-0.05, 0) is 12.5 Å². The molecule has 0 spiro atoms. The van der Waals surface area contributed by atoms with Crippen molar-refractivity contribution in [1.82, 2.24) is 9.78 Å². The van der Waals surface area contributed by atoms with Crippen molar-refractivity contribution in [3.8, 4) is 5.88 Å². The van der Waals surface area contributed by atoms with Crippen molar-refractivity contribution < 1.29 is 14.6 Å². The quantitative estimate of drug-likeness (QED) is 0.864. The average molecular weight is 260 g/mol. The molecule has 0 aliphatic heterocycles. The number of rotatable bonds is 6. The highest BCUT2D eigenvalue weighted by Gasteiger charge is 2.13. The zero-order valence-corrected chi connectivity index (χ0v) is 10.7. The maximum absolute atomic E-state index is 10.8. The first-order chi connectivity index (χ1) is 9.19. The Bertz CT molecular complexity index is 549. The number of benzene rings is 1. The lowest BCUT2D eigenvalue weighted by Gasteiger charge is -2.04. The lowest BCUT2D eigenvalue weighted by Crippen LogP contribution is -2.02. The standard InChI is InChI=1S/C14H16N2O3/c1-2-16-9-12(8-13(17)18)14(15-16)19-10-11-6-4-3-5-7-11/h3-7,9H,2,8,10H2,1H3,(H,17,18). The zero-order valence-electron chi connectivity index (χ0n) is 10.7. The van der Waals surface area contributed by atoms with Gasteiger partial charge in [-0.25, -0.2) is 0 Å². The third-order valence-corrected chi connectivity index (χ3v) is 2.68. The lowest BCUT2D eigenvalue weighted by atomic mass is 10.2. The maximum Gasteiger partial charge on any atom is 0.308 e. The molecular weight excluding hydrogens is 244 g/mol. The molecule has 5 nitrogen and oxygen atoms in total. The van der Waals surface area contributed by atoms with Gasteiger partial charge in [-0.1, -0.05) is 30.3 Å². The second-order valence-electron chi connectivity index (χ2n) is 4.16. The molecule has 1 aromatic carbocycles. The van der Waals surface area contributed by atoms with Gasteiger partial charge in [0, 0.05) is 18.3 Å². The number of carboxylic acids is 1. The lowest BCUT2D eigenvalue weighted by molar-refractivity contribution is -0.136. The first-order valence-corrected chi connectivity index (χ1v) is 6.14. The van der Waals surface area contributed by atoms with Crippen LogP contribution in [0.15, 0.2) is 36.5 Å². The SMILES string of the molecule is CCn1cc(CC(=O)O)c(OCc2ccccc2)n1. The first-order valence-electron chi connectivity index (χ1n) is 6.14. The minimum atomic E-state index is -0.889. The summed E-state index contributed by atoms with van der Waals surface area (Å²) in [6, 6.07) is 9.70. The molecular formula is C14H16N2O3. The van der Waals surface area contributed by atoms with Crippen molar-refractivity contribution in [2.45, 2.75) is 26.5 Å². The summed E-state index contributed by atoms with van der Waals surface area (Å²) >= 11 is 0. The predicted molar refractivity (Wildman–Crippen MR) is 70.0 cm³/mol. The molecule has 19 heavy (non-hydrogen) atoms. The van der Waals surface area contributed by atoms with Gasteiger partial charge in [-0.15, -0.1) is 5.10 Å². The summed E-state index contributed by atoms with van der Waals surface area (Å²) in [4.78, 5) is 10.8. The summed E-state index contributed by atoms with van der Waals surface area (Å²) in [5.74, 6) is -0.492. The largest absolute Gasteiger partial charge is 0.481 e. The first kappa shape index (κ1) is 13.1. The van der Waals surface area contributed by atoms with E-state index in [4.69, 9.17) is 9.84 Å². The number of aromatic nitrogens is 2. The van der Waals surface area contributed by atoms with Crippen LogP contribution in [0.2, 0.25) is 0 Å². The van der Waals surface area contributed by atoms with Crippen LogP contribution in [0.1, 0.15) is 18.1 Å². The summed E-state index contributed by atoms with van der Waals surface area (Å²) in [7, 11) is 0. The third kappa shape index (κ3) is 3.58. The normalized spacial score (nSPS) is 10.4. The Kier molecular flexibility index (Phi) is 4.18. The second-order valence-corrected chi connectivity index (χ2v) is 4.16. The van der Waals surface area contributed by atoms with Crippen LogP contribution in [0.25, 0.3) is 0 Å². The average Bonchev–Trinajstić information content (AvgIpc) is 2.79. The van der Waals surface area contributed by atoms with Crippen LogP contribution >= 0.6 is 0 Å². The topological polar surface area (TPSA) is 64.4 Å². The zero-order chi connectivity index (χ0) is 13.7. The predicted octanol–water partition coefficient (Wildman–Crippen LogP) is 2.11. The number of aryl methyl sites for hydroxylation is 1. The van der Waals surface area contributed by atoms with Crippen molar-refractivity contribution in [1.29, 1.82) is 0 Å². The molecule has 0 aliphatic rings. The molecule has 1 heterocycles. The van der Waals surface area contributed by atoms with E-state index in [9.17, 15) is 4.79 Å². The summed E-state index contributed by atoms with van der Waals surface area (Å²) in [6.45, 7) is 3.01. The Morgan fingerprint density at radius 3 is 2.74 bits per heavy atom. The molecule has 0 saturated carbocycles. The summed E-state index contributed by atoms with van der Waals surface area (Å²) in [6.07, 6.45) is 1.64. The van der Waals surface area contributed by atoms with Gasteiger partial charge in [0.25, 0.3) is 0 Å². The van der Waals surface area contributed by atoms with Crippen molar-refractivity contribution in [3.63, 3.8) is 0 Å². The molecule has 0 saturated heterocycles. The van der Waals surface area contributed by atoms with E-state index in [1.54, 1.807) is 10.9 Å². The Labute approximate surface area is 111 Å². The van der Waals surface area contributed by atoms with E-state index in [-0.39, 0.29) is 6.42 Å². The number of carbonyl (C=O) groups is 1. The molecule has 2 aromatic rings. The van der Waals surface area contributed by atoms with E-state index in [1.807, 2.05) is 37.3 Å². The molecule has 0 bridgehead atoms. The molecule has 100 valence electrons. The van der Waals surface area contributed by atoms with Crippen molar-refractivity contribution >= 4 is 5.97 Å². The second kappa shape index (κ2) is 6.04. The Hall–Kier alpha value is -2.30. The van der Waals surface area contributed by atoms with Crippen LogP contribution in [0, 0.1) is 0 Å². The highest BCUT2D eigenvalue weighted by atomic mass is 16.5. The van der Waals surface area contributed by atoms with Gasteiger partial charge in [-0.2, -0.15) is 0 Å². The number of carboxylic acid groups (broad SMARTS) is 1. The number of hydrogen-bond donors (Lipinski definition) is 1. The molecule has 0 atom stereocenters. The van der Waals surface area contributed by atoms with Crippen molar-refractivity contribution in [3.05, 3.63) is 47.7 Å². The van der Waals surface area contributed by atoms with E-state index in [1.165, 1.54) is 0 Å². The molecule has 0 aliphatic carbocycles. The monoisotopic (exact) mass is 260 g/mol. The van der Waals surface area contributed by atoms with Crippen LogP contribution in [0.5, 0.6) is 5.88 Å². The molecule has 0 fully saturated rings. The van der Waals surface area contributed by atoms with Gasteiger partial charge in [-0.3, -0.25) is 9.48 Å². The highest BCUT2D eigenvalue weighted by molar-refractivity contribution is 5.70. The smallest absolute Gasteiger partial charge is 0.308 e. The van der Waals surface area contributed by atoms with E-state index in [0.29, 0.717) is 24.6 Å². The molecule has 0 amide bonds. The van der Waals surface area contributed by atoms with E-state index < -0.39 is 5.97 Å².